The summed E-state index contributed by atoms with van der Waals surface area (Å²) in [7, 11) is 0. The number of benzene rings is 1. The molecule has 1 nitrogen and oxygen atoms in total. The van der Waals surface area contributed by atoms with Crippen molar-refractivity contribution in [3.63, 3.8) is 0 Å². The average Bonchev–Trinajstić information content (AvgIpc) is 2.92. The molecule has 0 bridgehead atoms. The summed E-state index contributed by atoms with van der Waals surface area (Å²) in [4.78, 5) is 1.27. The summed E-state index contributed by atoms with van der Waals surface area (Å²) in [5.74, 6) is 1.57. The standard InChI is InChI=1S/C29H36FNS/c1-20-7-9-23(10-8-20)19-31-16-15-26-21(2)28(17-22-11-13-25(32-3)14-12-22)27-6-4-5-24(30)18-29(26)27/h4-5,11-14,17-18,20,23,31H,6-10,15-16,19H2,1-3H3/b28-17+. The predicted octanol–water partition coefficient (Wildman–Crippen LogP) is 8.04. The SMILES string of the molecule is CSc1ccc(/C=C2\C(C)=C(CCNCC3CCC(C)CC3)C3=C2CC=CC(F)=C3)cc1. The monoisotopic (exact) mass is 449 g/mol. The lowest BCUT2D eigenvalue weighted by Gasteiger charge is -2.26. The van der Waals surface area contributed by atoms with Crippen LogP contribution >= 0.6 is 11.8 Å². The molecule has 32 heavy (non-hydrogen) atoms. The molecule has 1 aromatic carbocycles. The third-order valence-corrected chi connectivity index (χ3v) is 8.00. The molecule has 170 valence electrons. The fourth-order valence-corrected chi connectivity index (χ4v) is 5.63. The van der Waals surface area contributed by atoms with Gasteiger partial charge < -0.3 is 5.32 Å². The lowest BCUT2D eigenvalue weighted by Crippen LogP contribution is -2.27. The van der Waals surface area contributed by atoms with Crippen LogP contribution in [0.25, 0.3) is 6.08 Å². The van der Waals surface area contributed by atoms with E-state index >= 15 is 0 Å². The number of thioether (sulfide) groups is 1. The van der Waals surface area contributed by atoms with E-state index in [2.05, 4.69) is 55.8 Å². The molecule has 0 heterocycles. The zero-order valence-electron chi connectivity index (χ0n) is 19.7. The van der Waals surface area contributed by atoms with Crippen molar-refractivity contribution < 1.29 is 4.39 Å². The van der Waals surface area contributed by atoms with Gasteiger partial charge in [-0.25, -0.2) is 4.39 Å². The van der Waals surface area contributed by atoms with E-state index in [1.165, 1.54) is 58.4 Å². The van der Waals surface area contributed by atoms with E-state index in [0.29, 0.717) is 0 Å². The number of nitrogens with one attached hydrogen (secondary N) is 1. The first-order valence-electron chi connectivity index (χ1n) is 12.1. The molecular formula is C29H36FNS. The van der Waals surface area contributed by atoms with E-state index in [0.717, 1.165) is 43.3 Å². The minimum absolute atomic E-state index is 0.143. The highest BCUT2D eigenvalue weighted by molar-refractivity contribution is 7.98. The van der Waals surface area contributed by atoms with Crippen LogP contribution in [-0.4, -0.2) is 19.3 Å². The molecule has 1 N–H and O–H groups in total. The molecule has 1 fully saturated rings. The molecule has 0 unspecified atom stereocenters. The van der Waals surface area contributed by atoms with Crippen molar-refractivity contribution >= 4 is 17.8 Å². The van der Waals surface area contributed by atoms with Gasteiger partial charge in [0.25, 0.3) is 0 Å². The maximum Gasteiger partial charge on any atom is 0.123 e. The molecule has 3 aliphatic rings. The van der Waals surface area contributed by atoms with Crippen LogP contribution in [0.1, 0.15) is 57.9 Å². The number of hydrogen-bond donors (Lipinski definition) is 1. The summed E-state index contributed by atoms with van der Waals surface area (Å²) < 4.78 is 14.4. The minimum atomic E-state index is -0.143. The molecule has 0 amide bonds. The van der Waals surface area contributed by atoms with Crippen molar-refractivity contribution in [2.45, 2.75) is 57.3 Å². The topological polar surface area (TPSA) is 12.0 Å². The molecule has 0 atom stereocenters. The van der Waals surface area contributed by atoms with Gasteiger partial charge in [-0.1, -0.05) is 38.0 Å². The van der Waals surface area contributed by atoms with E-state index in [9.17, 15) is 4.39 Å². The van der Waals surface area contributed by atoms with Crippen LogP contribution in [0.3, 0.4) is 0 Å². The van der Waals surface area contributed by atoms with E-state index in [1.54, 1.807) is 23.9 Å². The number of rotatable bonds is 7. The smallest absolute Gasteiger partial charge is 0.123 e. The summed E-state index contributed by atoms with van der Waals surface area (Å²) in [6.07, 6.45) is 16.9. The van der Waals surface area contributed by atoms with Crippen molar-refractivity contribution in [2.24, 2.45) is 11.8 Å². The Hall–Kier alpha value is -1.84. The van der Waals surface area contributed by atoms with Gasteiger partial charge in [0, 0.05) is 4.90 Å². The summed E-state index contributed by atoms with van der Waals surface area (Å²) in [6, 6.07) is 8.70. The van der Waals surface area contributed by atoms with Crippen molar-refractivity contribution in [2.75, 3.05) is 19.3 Å². The predicted molar refractivity (Wildman–Crippen MR) is 137 cm³/mol. The molecule has 0 spiro atoms. The lowest BCUT2D eigenvalue weighted by molar-refractivity contribution is 0.282. The number of allylic oxidation sites excluding steroid dienone is 8. The van der Waals surface area contributed by atoms with E-state index < -0.39 is 0 Å². The van der Waals surface area contributed by atoms with Gasteiger partial charge in [-0.2, -0.15) is 0 Å². The van der Waals surface area contributed by atoms with Gasteiger partial charge in [0.1, 0.15) is 5.83 Å². The highest BCUT2D eigenvalue weighted by atomic mass is 32.2. The van der Waals surface area contributed by atoms with Gasteiger partial charge in [0.05, 0.1) is 0 Å². The van der Waals surface area contributed by atoms with Crippen LogP contribution < -0.4 is 5.32 Å². The molecule has 3 heteroatoms. The molecule has 0 saturated heterocycles. The third kappa shape index (κ3) is 5.55. The van der Waals surface area contributed by atoms with E-state index in [4.69, 9.17) is 0 Å². The Bertz CT molecular complexity index is 969. The zero-order chi connectivity index (χ0) is 22.5. The van der Waals surface area contributed by atoms with Gasteiger partial charge in [0.2, 0.25) is 0 Å². The van der Waals surface area contributed by atoms with Crippen LogP contribution in [0.2, 0.25) is 0 Å². The zero-order valence-corrected chi connectivity index (χ0v) is 20.5. The quantitative estimate of drug-likeness (QED) is 0.334. The van der Waals surface area contributed by atoms with Gasteiger partial charge in [-0.3, -0.25) is 0 Å². The van der Waals surface area contributed by atoms with Crippen molar-refractivity contribution in [3.05, 3.63) is 81.7 Å². The molecule has 0 radical (unpaired) electrons. The van der Waals surface area contributed by atoms with Crippen LogP contribution in [-0.2, 0) is 0 Å². The highest BCUT2D eigenvalue weighted by Crippen LogP contribution is 2.43. The Kier molecular flexibility index (Phi) is 7.91. The van der Waals surface area contributed by atoms with Crippen molar-refractivity contribution in [3.8, 4) is 0 Å². The molecule has 4 rings (SSSR count). The first-order valence-corrected chi connectivity index (χ1v) is 13.3. The largest absolute Gasteiger partial charge is 0.316 e. The Morgan fingerprint density at radius 3 is 2.59 bits per heavy atom. The fourth-order valence-electron chi connectivity index (χ4n) is 5.22. The van der Waals surface area contributed by atoms with Crippen molar-refractivity contribution in [1.82, 2.24) is 5.32 Å². The number of halogens is 1. The molecular weight excluding hydrogens is 413 g/mol. The highest BCUT2D eigenvalue weighted by Gasteiger charge is 2.26. The molecule has 0 aliphatic heterocycles. The van der Waals surface area contributed by atoms with Gasteiger partial charge in [0.15, 0.2) is 0 Å². The first-order chi connectivity index (χ1) is 15.5. The van der Waals surface area contributed by atoms with E-state index in [1.807, 2.05) is 6.08 Å². The normalized spacial score (nSPS) is 24.8. The minimum Gasteiger partial charge on any atom is -0.316 e. The van der Waals surface area contributed by atoms with Crippen molar-refractivity contribution in [1.29, 1.82) is 0 Å². The van der Waals surface area contributed by atoms with Gasteiger partial charge in [-0.05, 0) is 128 Å². The van der Waals surface area contributed by atoms with Crippen LogP contribution in [0, 0.1) is 11.8 Å². The van der Waals surface area contributed by atoms with Gasteiger partial charge in [-0.15, -0.1) is 11.8 Å². The Labute approximate surface area is 197 Å². The average molecular weight is 450 g/mol. The number of hydrogen-bond acceptors (Lipinski definition) is 2. The summed E-state index contributed by atoms with van der Waals surface area (Å²) in [5, 5.41) is 3.71. The molecule has 1 saturated carbocycles. The Morgan fingerprint density at radius 1 is 1.12 bits per heavy atom. The fraction of sp³-hybridized carbons (Fsp3) is 0.448. The van der Waals surface area contributed by atoms with Crippen LogP contribution in [0.5, 0.6) is 0 Å². The molecule has 1 aromatic rings. The maximum absolute atomic E-state index is 14.4. The lowest BCUT2D eigenvalue weighted by atomic mass is 9.83. The maximum atomic E-state index is 14.4. The summed E-state index contributed by atoms with van der Waals surface area (Å²) >= 11 is 1.76. The summed E-state index contributed by atoms with van der Waals surface area (Å²) in [5.41, 5.74) is 7.44. The first kappa shape index (κ1) is 23.3. The second-order valence-corrected chi connectivity index (χ2v) is 10.4. The Morgan fingerprint density at radius 2 is 1.88 bits per heavy atom. The third-order valence-electron chi connectivity index (χ3n) is 7.26. The molecule has 0 aromatic heterocycles. The Balaban J connectivity index is 1.50. The van der Waals surface area contributed by atoms with E-state index in [-0.39, 0.29) is 5.83 Å². The van der Waals surface area contributed by atoms with Crippen LogP contribution in [0.4, 0.5) is 4.39 Å². The second-order valence-electron chi connectivity index (χ2n) is 9.54. The van der Waals surface area contributed by atoms with Gasteiger partial charge >= 0.3 is 0 Å². The van der Waals surface area contributed by atoms with Crippen LogP contribution in [0.15, 0.2) is 81.1 Å². The summed E-state index contributed by atoms with van der Waals surface area (Å²) in [6.45, 7) is 6.65. The molecule has 3 aliphatic carbocycles. The second kappa shape index (κ2) is 10.9.